The first-order valence-corrected chi connectivity index (χ1v) is 16.8. The van der Waals surface area contributed by atoms with Crippen molar-refractivity contribution in [2.24, 2.45) is 11.8 Å². The van der Waals surface area contributed by atoms with Gasteiger partial charge in [-0.2, -0.15) is 0 Å². The van der Waals surface area contributed by atoms with E-state index in [1.807, 2.05) is 88.4 Å². The Labute approximate surface area is 279 Å². The van der Waals surface area contributed by atoms with Crippen LogP contribution in [0.3, 0.4) is 0 Å². The first-order chi connectivity index (χ1) is 22.3. The van der Waals surface area contributed by atoms with Crippen LogP contribution in [0.1, 0.15) is 78.4 Å². The summed E-state index contributed by atoms with van der Waals surface area (Å²) in [5, 5.41) is 11.5. The minimum absolute atomic E-state index is 0.0350. The molecule has 0 aromatic heterocycles. The SMILES string of the molecule is CCC(=O)N[C@@H](CCc1ccccc1)C(=O)N[C@@H](CC(C)C)C(=O)N[C@@H](Cc1ccccc1)C(=O)N[C@@H](CC(C)C)C(=O)[C@@]1(C)CO1. The van der Waals surface area contributed by atoms with E-state index in [0.717, 1.165) is 11.1 Å². The van der Waals surface area contributed by atoms with Crippen LogP contribution in [-0.4, -0.2) is 65.8 Å². The van der Waals surface area contributed by atoms with Crippen molar-refractivity contribution in [1.29, 1.82) is 0 Å². The lowest BCUT2D eigenvalue weighted by Crippen LogP contribution is -2.59. The lowest BCUT2D eigenvalue weighted by molar-refractivity contribution is -0.135. The first-order valence-electron chi connectivity index (χ1n) is 16.8. The maximum absolute atomic E-state index is 13.9. The summed E-state index contributed by atoms with van der Waals surface area (Å²) in [7, 11) is 0. The second-order valence-corrected chi connectivity index (χ2v) is 13.5. The summed E-state index contributed by atoms with van der Waals surface area (Å²) in [5.41, 5.74) is 0.936. The largest absolute Gasteiger partial charge is 0.361 e. The number of epoxide rings is 1. The van der Waals surface area contributed by atoms with Crippen LogP contribution >= 0.6 is 0 Å². The smallest absolute Gasteiger partial charge is 0.243 e. The highest BCUT2D eigenvalue weighted by atomic mass is 16.6. The third-order valence-electron chi connectivity index (χ3n) is 8.23. The molecule has 0 radical (unpaired) electrons. The summed E-state index contributed by atoms with van der Waals surface area (Å²) in [5.74, 6) is -1.77. The number of amides is 4. The average Bonchev–Trinajstić information content (AvgIpc) is 3.80. The van der Waals surface area contributed by atoms with E-state index in [0.29, 0.717) is 32.3 Å². The molecule has 0 bridgehead atoms. The van der Waals surface area contributed by atoms with Gasteiger partial charge in [-0.1, -0.05) is 95.3 Å². The van der Waals surface area contributed by atoms with E-state index >= 15 is 0 Å². The zero-order valence-electron chi connectivity index (χ0n) is 28.6. The zero-order valence-corrected chi connectivity index (χ0v) is 28.6. The molecule has 4 amide bonds. The van der Waals surface area contributed by atoms with E-state index in [4.69, 9.17) is 4.74 Å². The van der Waals surface area contributed by atoms with Crippen molar-refractivity contribution in [2.75, 3.05) is 6.61 Å². The van der Waals surface area contributed by atoms with Gasteiger partial charge in [0.2, 0.25) is 23.6 Å². The number of ketones is 1. The van der Waals surface area contributed by atoms with Crippen LogP contribution in [0, 0.1) is 11.8 Å². The minimum atomic E-state index is -1.01. The van der Waals surface area contributed by atoms with Crippen molar-refractivity contribution in [1.82, 2.24) is 21.3 Å². The summed E-state index contributed by atoms with van der Waals surface area (Å²) in [4.78, 5) is 66.9. The van der Waals surface area contributed by atoms with E-state index in [2.05, 4.69) is 21.3 Å². The van der Waals surface area contributed by atoms with E-state index < -0.39 is 47.5 Å². The summed E-state index contributed by atoms with van der Waals surface area (Å²) in [6, 6.07) is 15.4. The standard InChI is InChI=1S/C37H52N4O6/c1-7-32(42)38-28(19-18-26-14-10-8-11-15-26)34(44)40-30(21-25(4)5)35(45)41-31(22-27-16-12-9-13-17-27)36(46)39-29(20-24(2)3)33(43)37(6)23-47-37/h8-17,24-25,28-31H,7,18-23H2,1-6H3,(H,38,42)(H,39,46)(H,40,44)(H,41,45)/t28-,29-,30-,31-,37+/m0/s1. The van der Waals surface area contributed by atoms with Crippen LogP contribution in [0.25, 0.3) is 0 Å². The maximum Gasteiger partial charge on any atom is 0.243 e. The Morgan fingerprint density at radius 1 is 0.681 bits per heavy atom. The van der Waals surface area contributed by atoms with E-state index in [9.17, 15) is 24.0 Å². The molecule has 1 aliphatic rings. The molecule has 1 saturated heterocycles. The fourth-order valence-corrected chi connectivity index (χ4v) is 5.42. The molecule has 0 aliphatic carbocycles. The Balaban J connectivity index is 1.81. The van der Waals surface area contributed by atoms with Gasteiger partial charge in [0.05, 0.1) is 12.6 Å². The monoisotopic (exact) mass is 648 g/mol. The summed E-state index contributed by atoms with van der Waals surface area (Å²) < 4.78 is 5.38. The van der Waals surface area contributed by atoms with Crippen molar-refractivity contribution in [2.45, 2.75) is 110 Å². The van der Waals surface area contributed by atoms with Gasteiger partial charge in [-0.15, -0.1) is 0 Å². The molecule has 256 valence electrons. The normalized spacial score (nSPS) is 18.0. The molecule has 2 aromatic rings. The van der Waals surface area contributed by atoms with Crippen molar-refractivity contribution < 1.29 is 28.7 Å². The van der Waals surface area contributed by atoms with Gasteiger partial charge in [-0.3, -0.25) is 24.0 Å². The highest BCUT2D eigenvalue weighted by molar-refractivity contribution is 5.98. The van der Waals surface area contributed by atoms with Gasteiger partial charge in [0, 0.05) is 12.8 Å². The second kappa shape index (κ2) is 17.8. The minimum Gasteiger partial charge on any atom is -0.361 e. The van der Waals surface area contributed by atoms with Gasteiger partial charge >= 0.3 is 0 Å². The Hall–Kier alpha value is -4.05. The van der Waals surface area contributed by atoms with Gasteiger partial charge in [-0.05, 0) is 55.6 Å². The summed E-state index contributed by atoms with van der Waals surface area (Å²) in [6.07, 6.45) is 2.05. The number of carbonyl (C=O) groups excluding carboxylic acids is 5. The topological polar surface area (TPSA) is 146 Å². The molecule has 10 nitrogen and oxygen atoms in total. The third-order valence-corrected chi connectivity index (χ3v) is 8.23. The Kier molecular flexibility index (Phi) is 14.1. The molecule has 5 atom stereocenters. The third kappa shape index (κ3) is 12.2. The summed E-state index contributed by atoms with van der Waals surface area (Å²) in [6.45, 7) is 11.6. The van der Waals surface area contributed by atoms with Crippen LogP contribution < -0.4 is 21.3 Å². The van der Waals surface area contributed by atoms with Crippen LogP contribution in [0.2, 0.25) is 0 Å². The molecular formula is C37H52N4O6. The Bertz CT molecular complexity index is 1340. The summed E-state index contributed by atoms with van der Waals surface area (Å²) >= 11 is 0. The van der Waals surface area contributed by atoms with E-state index in [1.165, 1.54) is 0 Å². The predicted molar refractivity (Wildman–Crippen MR) is 181 cm³/mol. The number of rotatable bonds is 19. The number of benzene rings is 2. The van der Waals surface area contributed by atoms with E-state index in [-0.39, 0.29) is 36.4 Å². The van der Waals surface area contributed by atoms with Crippen molar-refractivity contribution in [3.63, 3.8) is 0 Å². The molecule has 47 heavy (non-hydrogen) atoms. The van der Waals surface area contributed by atoms with Crippen molar-refractivity contribution in [3.8, 4) is 0 Å². The Morgan fingerprint density at radius 3 is 1.68 bits per heavy atom. The van der Waals surface area contributed by atoms with Crippen LogP contribution in [-0.2, 0) is 41.6 Å². The molecule has 1 aliphatic heterocycles. The van der Waals surface area contributed by atoms with Gasteiger partial charge in [0.25, 0.3) is 0 Å². The second-order valence-electron chi connectivity index (χ2n) is 13.5. The van der Waals surface area contributed by atoms with Crippen LogP contribution in [0.15, 0.2) is 60.7 Å². The van der Waals surface area contributed by atoms with Gasteiger partial charge < -0.3 is 26.0 Å². The molecule has 2 aromatic carbocycles. The maximum atomic E-state index is 13.9. The zero-order chi connectivity index (χ0) is 34.6. The van der Waals surface area contributed by atoms with Crippen LogP contribution in [0.5, 0.6) is 0 Å². The lowest BCUT2D eigenvalue weighted by atomic mass is 9.93. The number of nitrogens with one attached hydrogen (secondary N) is 4. The Morgan fingerprint density at radius 2 is 1.15 bits per heavy atom. The number of hydrogen-bond acceptors (Lipinski definition) is 6. The lowest BCUT2D eigenvalue weighted by Gasteiger charge is -2.28. The molecule has 1 heterocycles. The number of Topliss-reactive ketones (excluding diaryl/α,β-unsaturated/α-hetero) is 1. The number of aryl methyl sites for hydroxylation is 1. The predicted octanol–water partition coefficient (Wildman–Crippen LogP) is 3.66. The molecular weight excluding hydrogens is 596 g/mol. The van der Waals surface area contributed by atoms with Crippen LogP contribution in [0.4, 0.5) is 0 Å². The molecule has 0 spiro atoms. The molecule has 1 fully saturated rings. The van der Waals surface area contributed by atoms with Crippen molar-refractivity contribution in [3.05, 3.63) is 71.8 Å². The first kappa shape index (κ1) is 37.4. The highest BCUT2D eigenvalue weighted by Gasteiger charge is 2.50. The molecule has 10 heteroatoms. The molecule has 0 unspecified atom stereocenters. The average molecular weight is 649 g/mol. The highest BCUT2D eigenvalue weighted by Crippen LogP contribution is 2.29. The van der Waals surface area contributed by atoms with Gasteiger partial charge in [0.1, 0.15) is 23.7 Å². The number of carbonyl (C=O) groups is 5. The number of ether oxygens (including phenoxy) is 1. The quantitative estimate of drug-likeness (QED) is 0.171. The fourth-order valence-electron chi connectivity index (χ4n) is 5.42. The van der Waals surface area contributed by atoms with Gasteiger partial charge in [-0.25, -0.2) is 0 Å². The molecule has 3 rings (SSSR count). The fraction of sp³-hybridized carbons (Fsp3) is 0.541. The van der Waals surface area contributed by atoms with Gasteiger partial charge in [0.15, 0.2) is 5.78 Å². The van der Waals surface area contributed by atoms with Crippen molar-refractivity contribution >= 4 is 29.4 Å². The van der Waals surface area contributed by atoms with E-state index in [1.54, 1.807) is 13.8 Å². The molecule has 0 saturated carbocycles. The molecule has 4 N–H and O–H groups in total. The number of hydrogen-bond donors (Lipinski definition) is 4.